The maximum atomic E-state index is 4.93. The summed E-state index contributed by atoms with van der Waals surface area (Å²) >= 11 is -0.826. The average Bonchev–Trinajstić information content (AvgIpc) is 3.77. The number of benzene rings is 6. The van der Waals surface area contributed by atoms with Crippen molar-refractivity contribution in [2.45, 2.75) is 53.6 Å². The van der Waals surface area contributed by atoms with Gasteiger partial charge in [0.05, 0.1) is 0 Å². The Morgan fingerprint density at radius 2 is 0.900 bits per heavy atom. The van der Waals surface area contributed by atoms with Crippen molar-refractivity contribution < 1.29 is 20.8 Å². The summed E-state index contributed by atoms with van der Waals surface area (Å²) in [6.45, 7) is 13.2. The van der Waals surface area contributed by atoms with Crippen LogP contribution in [0.4, 0.5) is 0 Å². The Bertz CT molecular complexity index is 2160. The Kier molecular flexibility index (Phi) is 13.9. The first-order valence-electron chi connectivity index (χ1n) is 17.3. The van der Waals surface area contributed by atoms with Crippen LogP contribution in [0.1, 0.15) is 36.1 Å². The second kappa shape index (κ2) is 18.3. The number of aryl methyl sites for hydroxylation is 4. The molecule has 0 unspecified atom stereocenters. The fraction of sp³-hybridized carbons (Fsp3) is 0.174. The van der Waals surface area contributed by atoms with Crippen LogP contribution in [-0.2, 0) is 33.7 Å². The molecular weight excluding hydrogens is 743 g/mol. The Morgan fingerprint density at radius 1 is 0.520 bits per heavy atom. The van der Waals surface area contributed by atoms with E-state index in [9.17, 15) is 0 Å². The number of fused-ring (bicyclic) bond motifs is 4. The molecule has 0 aromatic heterocycles. The summed E-state index contributed by atoms with van der Waals surface area (Å²) < 4.78 is 0. The first kappa shape index (κ1) is 38.0. The van der Waals surface area contributed by atoms with Gasteiger partial charge in [-0.05, 0) is 70.5 Å². The van der Waals surface area contributed by atoms with Crippen LogP contribution in [0.5, 0.6) is 0 Å². The van der Waals surface area contributed by atoms with Gasteiger partial charge in [0, 0.05) is 9.52 Å². The van der Waals surface area contributed by atoms with Crippen LogP contribution in [-0.4, -0.2) is 9.52 Å². The van der Waals surface area contributed by atoms with E-state index in [4.69, 9.17) is 17.0 Å². The Hall–Kier alpha value is -3.26. The van der Waals surface area contributed by atoms with E-state index in [2.05, 4.69) is 174 Å². The van der Waals surface area contributed by atoms with Crippen LogP contribution in [0.3, 0.4) is 0 Å². The van der Waals surface area contributed by atoms with Crippen molar-refractivity contribution in [2.24, 2.45) is 0 Å². The molecule has 0 atom stereocenters. The van der Waals surface area contributed by atoms with Crippen molar-refractivity contribution >= 4 is 69.6 Å². The zero-order valence-corrected chi connectivity index (χ0v) is 34.8. The summed E-state index contributed by atoms with van der Waals surface area (Å²) in [6.07, 6.45) is 2.17. The summed E-state index contributed by atoms with van der Waals surface area (Å²) in [5.74, 6) is 0. The van der Waals surface area contributed by atoms with Gasteiger partial charge in [0.15, 0.2) is 0 Å². The molecule has 2 radical (unpaired) electrons. The van der Waals surface area contributed by atoms with Crippen LogP contribution < -0.4 is 0 Å². The van der Waals surface area contributed by atoms with Crippen molar-refractivity contribution in [2.75, 3.05) is 0 Å². The minimum atomic E-state index is -0.826. The zero-order chi connectivity index (χ0) is 35.6. The Balaban J connectivity index is 0.000000168. The molecule has 0 aliphatic rings. The molecule has 0 bridgehead atoms. The van der Waals surface area contributed by atoms with Crippen LogP contribution in [0.2, 0.25) is 13.1 Å². The van der Waals surface area contributed by atoms with Crippen molar-refractivity contribution in [1.82, 2.24) is 0 Å². The number of rotatable bonds is 4. The molecule has 0 fully saturated rings. The quantitative estimate of drug-likeness (QED) is 0.123. The minimum absolute atomic E-state index is 0.826. The second-order valence-corrected chi connectivity index (χ2v) is 17.3. The topological polar surface area (TPSA) is 0 Å². The van der Waals surface area contributed by atoms with Gasteiger partial charge in [0.25, 0.3) is 0 Å². The third-order valence-electron chi connectivity index (χ3n) is 9.25. The molecular formula is C46H44Cl2SiZr. The molecule has 0 spiro atoms. The van der Waals surface area contributed by atoms with E-state index < -0.39 is 20.8 Å². The van der Waals surface area contributed by atoms with Gasteiger partial charge < -0.3 is 0 Å². The van der Waals surface area contributed by atoms with E-state index >= 15 is 0 Å². The molecule has 8 rings (SSSR count). The van der Waals surface area contributed by atoms with Gasteiger partial charge in [-0.2, -0.15) is 12.1 Å². The summed E-state index contributed by atoms with van der Waals surface area (Å²) in [5, 5.41) is 10.7. The maximum absolute atomic E-state index is 4.93. The normalized spacial score (nSPS) is 10.6. The van der Waals surface area contributed by atoms with Crippen molar-refractivity contribution in [3.63, 3.8) is 0 Å². The van der Waals surface area contributed by atoms with Crippen molar-refractivity contribution in [1.29, 1.82) is 0 Å². The molecule has 0 saturated carbocycles. The van der Waals surface area contributed by atoms with Crippen LogP contribution in [0.25, 0.3) is 65.3 Å². The van der Waals surface area contributed by atoms with Gasteiger partial charge in [0.1, 0.15) is 0 Å². The standard InChI is InChI=1S/2C22H19.C2H6Si.2ClH.Zr/c2*1-3-16-13-18-8-6-10-20(21(18)14-16)22-15(2)11-12-17-7-4-5-9-19(17)22;1-3-2;;;/h2*4-14H,3H2,1-2H3;1-2H3;2*1H;/q2*-1;;;;+4/p-2. The SMILES string of the molecule is CCc1cc2c(-c3c(C)ccc4ccccc34)cccc2[cH-]1.CCc1cc2c(-c3c(C)ccc4ccccc34)cccc2[cH-]1.C[Si]C.[Cl][Zr+2][Cl]. The van der Waals surface area contributed by atoms with Gasteiger partial charge in [-0.3, -0.25) is 0 Å². The summed E-state index contributed by atoms with van der Waals surface area (Å²) in [7, 11) is 11.0. The van der Waals surface area contributed by atoms with Gasteiger partial charge in [-0.15, -0.1) is 69.1 Å². The third-order valence-corrected chi connectivity index (χ3v) is 9.25. The van der Waals surface area contributed by atoms with E-state index in [0.717, 1.165) is 22.4 Å². The molecule has 4 heteroatoms. The van der Waals surface area contributed by atoms with Gasteiger partial charge in [-0.1, -0.05) is 123 Å². The number of hydrogen-bond donors (Lipinski definition) is 0. The Morgan fingerprint density at radius 3 is 1.28 bits per heavy atom. The van der Waals surface area contributed by atoms with E-state index in [-0.39, 0.29) is 0 Å². The second-order valence-electron chi connectivity index (χ2n) is 12.6. The molecule has 0 aliphatic heterocycles. The van der Waals surface area contributed by atoms with E-state index in [0.29, 0.717) is 0 Å². The third kappa shape index (κ3) is 8.43. The molecule has 0 N–H and O–H groups in total. The molecule has 8 aromatic carbocycles. The zero-order valence-electron chi connectivity index (χ0n) is 29.9. The molecule has 50 heavy (non-hydrogen) atoms. The van der Waals surface area contributed by atoms with Crippen LogP contribution in [0.15, 0.2) is 133 Å². The van der Waals surface area contributed by atoms with Gasteiger partial charge >= 0.3 is 37.9 Å². The summed E-state index contributed by atoms with van der Waals surface area (Å²) in [6, 6.07) is 48.9. The van der Waals surface area contributed by atoms with Gasteiger partial charge in [-0.25, -0.2) is 0 Å². The molecule has 250 valence electrons. The monoisotopic (exact) mass is 784 g/mol. The molecule has 0 saturated heterocycles. The van der Waals surface area contributed by atoms with Crippen molar-refractivity contribution in [3.8, 4) is 22.3 Å². The predicted octanol–water partition coefficient (Wildman–Crippen LogP) is 14.7. The molecule has 0 aliphatic carbocycles. The van der Waals surface area contributed by atoms with Gasteiger partial charge in [0.2, 0.25) is 0 Å². The molecule has 8 aromatic rings. The fourth-order valence-corrected chi connectivity index (χ4v) is 6.91. The Labute approximate surface area is 319 Å². The van der Waals surface area contributed by atoms with E-state index in [1.165, 1.54) is 87.6 Å². The van der Waals surface area contributed by atoms with Crippen LogP contribution in [0, 0.1) is 13.8 Å². The fourth-order valence-electron chi connectivity index (χ4n) is 6.91. The van der Waals surface area contributed by atoms with Crippen molar-refractivity contribution in [3.05, 3.63) is 156 Å². The average molecular weight is 787 g/mol. The molecule has 0 heterocycles. The van der Waals surface area contributed by atoms with E-state index in [1.807, 2.05) is 0 Å². The first-order valence-corrected chi connectivity index (χ1v) is 25.6. The van der Waals surface area contributed by atoms with E-state index in [1.54, 1.807) is 0 Å². The molecule has 0 nitrogen and oxygen atoms in total. The number of hydrogen-bond acceptors (Lipinski definition) is 0. The summed E-state index contributed by atoms with van der Waals surface area (Å²) in [4.78, 5) is 0. The number of halogens is 2. The first-order chi connectivity index (χ1) is 24.4. The van der Waals surface area contributed by atoms with Crippen LogP contribution >= 0.6 is 17.0 Å². The predicted molar refractivity (Wildman–Crippen MR) is 222 cm³/mol. The summed E-state index contributed by atoms with van der Waals surface area (Å²) in [5.41, 5.74) is 11.0. The molecule has 0 amide bonds.